The van der Waals surface area contributed by atoms with E-state index in [1.807, 2.05) is 6.92 Å². The molecule has 2 unspecified atom stereocenters. The van der Waals surface area contributed by atoms with Crippen LogP contribution < -0.4 is 0 Å². The highest BCUT2D eigenvalue weighted by molar-refractivity contribution is 5.83. The van der Waals surface area contributed by atoms with Gasteiger partial charge in [-0.1, -0.05) is 51.0 Å². The third kappa shape index (κ3) is 3.54. The SMILES string of the molecule is CC(CO)CCC(=O)[C@@H](C)C1=CC[C@H]2[C@@H]3CC=C4CC(O)CC[C@]4(C)[C@H]3CC[C@]12C. The fraction of sp³-hybridized carbons (Fsp3) is 0.815. The molecule has 0 radical (unpaired) electrons. The van der Waals surface area contributed by atoms with Crippen molar-refractivity contribution >= 4 is 5.78 Å². The number of hydrogen-bond acceptors (Lipinski definition) is 3. The molecule has 30 heavy (non-hydrogen) atoms. The molecule has 0 spiro atoms. The Kier molecular flexibility index (Phi) is 6.09. The van der Waals surface area contributed by atoms with Gasteiger partial charge in [0.2, 0.25) is 0 Å². The molecule has 0 aliphatic heterocycles. The van der Waals surface area contributed by atoms with Crippen LogP contribution in [-0.2, 0) is 4.79 Å². The fourth-order valence-electron chi connectivity index (χ4n) is 7.78. The van der Waals surface area contributed by atoms with Crippen LogP contribution in [0.5, 0.6) is 0 Å². The van der Waals surface area contributed by atoms with Crippen molar-refractivity contribution in [2.45, 2.75) is 91.6 Å². The molecular formula is C27H42O3. The van der Waals surface area contributed by atoms with Crippen LogP contribution in [0.4, 0.5) is 0 Å². The van der Waals surface area contributed by atoms with E-state index < -0.39 is 0 Å². The second-order valence-corrected chi connectivity index (χ2v) is 11.5. The summed E-state index contributed by atoms with van der Waals surface area (Å²) >= 11 is 0. The Morgan fingerprint density at radius 3 is 2.57 bits per heavy atom. The Bertz CT molecular complexity index is 736. The molecule has 3 heteroatoms. The minimum Gasteiger partial charge on any atom is -0.396 e. The van der Waals surface area contributed by atoms with Gasteiger partial charge in [0.25, 0.3) is 0 Å². The molecule has 4 aliphatic rings. The van der Waals surface area contributed by atoms with Crippen LogP contribution >= 0.6 is 0 Å². The molecule has 4 rings (SSSR count). The molecule has 2 saturated carbocycles. The number of ketones is 1. The van der Waals surface area contributed by atoms with E-state index in [-0.39, 0.29) is 35.4 Å². The van der Waals surface area contributed by atoms with E-state index in [9.17, 15) is 15.0 Å². The zero-order valence-electron chi connectivity index (χ0n) is 19.5. The first-order valence-corrected chi connectivity index (χ1v) is 12.4. The summed E-state index contributed by atoms with van der Waals surface area (Å²) < 4.78 is 0. The first-order valence-electron chi connectivity index (χ1n) is 12.4. The minimum atomic E-state index is -0.144. The second kappa shape index (κ2) is 8.20. The standard InChI is InChI=1S/C27H42O3/c1-17(16-28)5-10-25(30)18(2)22-8-9-23-21-7-6-19-15-20(29)11-13-26(19,3)24(21)12-14-27(22,23)4/h6,8,17-18,20-21,23-24,28-29H,5,7,9-16H2,1-4H3/t17?,18-,20?,21-,23-,24-,26-,27+/m0/s1. The number of aliphatic hydroxyl groups excluding tert-OH is 2. The van der Waals surface area contributed by atoms with Gasteiger partial charge < -0.3 is 10.2 Å². The maximum Gasteiger partial charge on any atom is 0.139 e. The summed E-state index contributed by atoms with van der Waals surface area (Å²) in [6.45, 7) is 9.22. The maximum atomic E-state index is 13.0. The van der Waals surface area contributed by atoms with Gasteiger partial charge in [-0.3, -0.25) is 4.79 Å². The summed E-state index contributed by atoms with van der Waals surface area (Å²) in [4.78, 5) is 13.0. The Hall–Kier alpha value is -0.930. The monoisotopic (exact) mass is 414 g/mol. The zero-order valence-corrected chi connectivity index (χ0v) is 19.5. The minimum absolute atomic E-state index is 0.0116. The lowest BCUT2D eigenvalue weighted by molar-refractivity contribution is -0.122. The summed E-state index contributed by atoms with van der Waals surface area (Å²) in [5.74, 6) is 2.65. The van der Waals surface area contributed by atoms with E-state index in [0.717, 1.165) is 44.4 Å². The molecule has 168 valence electrons. The first kappa shape index (κ1) is 22.3. The molecule has 0 aromatic carbocycles. The maximum absolute atomic E-state index is 13.0. The van der Waals surface area contributed by atoms with E-state index in [4.69, 9.17) is 0 Å². The molecule has 2 fully saturated rings. The third-order valence-electron chi connectivity index (χ3n) is 9.86. The number of aliphatic hydroxyl groups is 2. The largest absolute Gasteiger partial charge is 0.396 e. The van der Waals surface area contributed by atoms with Gasteiger partial charge in [-0.25, -0.2) is 0 Å². The Morgan fingerprint density at radius 1 is 1.10 bits per heavy atom. The second-order valence-electron chi connectivity index (χ2n) is 11.5. The predicted molar refractivity (Wildman–Crippen MR) is 121 cm³/mol. The number of Topliss-reactive ketones (excluding diaryl/α,β-unsaturated/α-hetero) is 1. The number of rotatable bonds is 6. The van der Waals surface area contributed by atoms with E-state index in [1.54, 1.807) is 0 Å². The first-order chi connectivity index (χ1) is 14.2. The van der Waals surface area contributed by atoms with Crippen molar-refractivity contribution in [2.75, 3.05) is 6.61 Å². The van der Waals surface area contributed by atoms with Crippen molar-refractivity contribution in [3.05, 3.63) is 23.3 Å². The summed E-state index contributed by atoms with van der Waals surface area (Å²) in [6.07, 6.45) is 13.8. The molecule has 0 bridgehead atoms. The van der Waals surface area contributed by atoms with Crippen LogP contribution in [0.1, 0.15) is 85.5 Å². The van der Waals surface area contributed by atoms with E-state index in [0.29, 0.717) is 24.0 Å². The van der Waals surface area contributed by atoms with Crippen LogP contribution in [-0.4, -0.2) is 28.7 Å². The van der Waals surface area contributed by atoms with Crippen molar-refractivity contribution in [3.63, 3.8) is 0 Å². The van der Waals surface area contributed by atoms with Gasteiger partial charge in [-0.2, -0.15) is 0 Å². The summed E-state index contributed by atoms with van der Waals surface area (Å²) in [5.41, 5.74) is 3.37. The zero-order chi connectivity index (χ0) is 21.7. The molecule has 0 saturated heterocycles. The van der Waals surface area contributed by atoms with Gasteiger partial charge in [0, 0.05) is 18.9 Å². The Morgan fingerprint density at radius 2 is 1.83 bits per heavy atom. The van der Waals surface area contributed by atoms with Gasteiger partial charge in [-0.15, -0.1) is 0 Å². The van der Waals surface area contributed by atoms with Crippen LogP contribution in [0, 0.1) is 40.4 Å². The van der Waals surface area contributed by atoms with E-state index >= 15 is 0 Å². The molecule has 4 aliphatic carbocycles. The Labute approximate surface area is 183 Å². The van der Waals surface area contributed by atoms with Crippen LogP contribution in [0.2, 0.25) is 0 Å². The topological polar surface area (TPSA) is 57.5 Å². The van der Waals surface area contributed by atoms with Gasteiger partial charge in [0.1, 0.15) is 5.78 Å². The molecule has 8 atom stereocenters. The number of allylic oxidation sites excluding steroid dienone is 3. The summed E-state index contributed by atoms with van der Waals surface area (Å²) in [7, 11) is 0. The fourth-order valence-corrected chi connectivity index (χ4v) is 7.78. The molecule has 0 aromatic rings. The number of fused-ring (bicyclic) bond motifs is 5. The quantitative estimate of drug-likeness (QED) is 0.567. The van der Waals surface area contributed by atoms with Crippen LogP contribution in [0.25, 0.3) is 0 Å². The number of carbonyl (C=O) groups is 1. The lowest BCUT2D eigenvalue weighted by Crippen LogP contribution is -2.50. The summed E-state index contributed by atoms with van der Waals surface area (Å²) in [5, 5.41) is 19.5. The smallest absolute Gasteiger partial charge is 0.139 e. The van der Waals surface area contributed by atoms with Crippen molar-refractivity contribution in [1.29, 1.82) is 0 Å². The summed E-state index contributed by atoms with van der Waals surface area (Å²) in [6, 6.07) is 0. The molecule has 0 amide bonds. The molecular weight excluding hydrogens is 372 g/mol. The number of hydrogen-bond donors (Lipinski definition) is 2. The highest BCUT2D eigenvalue weighted by atomic mass is 16.3. The van der Waals surface area contributed by atoms with Gasteiger partial charge in [-0.05, 0) is 85.9 Å². The lowest BCUT2D eigenvalue weighted by atomic mass is 9.47. The van der Waals surface area contributed by atoms with Crippen molar-refractivity contribution in [1.82, 2.24) is 0 Å². The average molecular weight is 415 g/mol. The predicted octanol–water partition coefficient (Wildman–Crippen LogP) is 5.46. The molecule has 0 heterocycles. The van der Waals surface area contributed by atoms with E-state index in [1.165, 1.54) is 24.0 Å². The highest BCUT2D eigenvalue weighted by Crippen LogP contribution is 2.65. The highest BCUT2D eigenvalue weighted by Gasteiger charge is 2.57. The van der Waals surface area contributed by atoms with Crippen LogP contribution in [0.15, 0.2) is 23.3 Å². The third-order valence-corrected chi connectivity index (χ3v) is 9.86. The van der Waals surface area contributed by atoms with Gasteiger partial charge >= 0.3 is 0 Å². The van der Waals surface area contributed by atoms with E-state index in [2.05, 4.69) is 32.9 Å². The molecule has 2 N–H and O–H groups in total. The lowest BCUT2D eigenvalue weighted by Gasteiger charge is -2.58. The van der Waals surface area contributed by atoms with Crippen molar-refractivity contribution in [3.8, 4) is 0 Å². The van der Waals surface area contributed by atoms with Crippen molar-refractivity contribution in [2.24, 2.45) is 40.4 Å². The molecule has 3 nitrogen and oxygen atoms in total. The van der Waals surface area contributed by atoms with Gasteiger partial charge in [0.15, 0.2) is 0 Å². The van der Waals surface area contributed by atoms with Gasteiger partial charge in [0.05, 0.1) is 6.10 Å². The number of carbonyl (C=O) groups excluding carboxylic acids is 1. The normalized spacial score (nSPS) is 42.3. The Balaban J connectivity index is 1.50. The van der Waals surface area contributed by atoms with Crippen LogP contribution in [0.3, 0.4) is 0 Å². The molecule has 0 aromatic heterocycles. The average Bonchev–Trinajstić information content (AvgIpc) is 3.08. The van der Waals surface area contributed by atoms with Crippen molar-refractivity contribution < 1.29 is 15.0 Å².